The summed E-state index contributed by atoms with van der Waals surface area (Å²) < 4.78 is 0. The average molecular weight is 421 g/mol. The summed E-state index contributed by atoms with van der Waals surface area (Å²) in [5, 5.41) is 10.2. The first-order valence-corrected chi connectivity index (χ1v) is 14.0. The second-order valence-electron chi connectivity index (χ2n) is 12.1. The quantitative estimate of drug-likeness (QED) is 0.466. The molecule has 29 heavy (non-hydrogen) atoms. The van der Waals surface area contributed by atoms with Gasteiger partial charge in [0.1, 0.15) is 0 Å². The van der Waals surface area contributed by atoms with Gasteiger partial charge in [-0.15, -0.1) is 0 Å². The lowest BCUT2D eigenvalue weighted by atomic mass is 9.53. The maximum atomic E-state index is 11.3. The maximum absolute atomic E-state index is 11.3. The van der Waals surface area contributed by atoms with E-state index in [1.54, 1.807) is 0 Å². The van der Waals surface area contributed by atoms with Crippen molar-refractivity contribution in [1.29, 1.82) is 0 Å². The molecule has 1 aliphatic heterocycles. The van der Waals surface area contributed by atoms with Crippen LogP contribution in [0.3, 0.4) is 0 Å². The first kappa shape index (κ1) is 22.3. The Balaban J connectivity index is 1.54. The van der Waals surface area contributed by atoms with E-state index in [9.17, 15) is 10.00 Å². The van der Waals surface area contributed by atoms with Crippen molar-refractivity contribution in [1.82, 2.24) is 0 Å². The van der Waals surface area contributed by atoms with Gasteiger partial charge in [0.2, 0.25) is 0 Å². The first-order valence-electron chi connectivity index (χ1n) is 12.5. The molecule has 0 bridgehead atoms. The Morgan fingerprint density at radius 3 is 2.52 bits per heavy atom. The van der Waals surface area contributed by atoms with Gasteiger partial charge in [-0.1, -0.05) is 59.5 Å². The molecular formula is C26H45O2P. The fourth-order valence-corrected chi connectivity index (χ4v) is 10.9. The van der Waals surface area contributed by atoms with Crippen LogP contribution in [0, 0.1) is 40.4 Å². The molecule has 4 rings (SSSR count). The predicted molar refractivity (Wildman–Crippen MR) is 124 cm³/mol. The molecule has 0 saturated heterocycles. The van der Waals surface area contributed by atoms with Gasteiger partial charge in [0.05, 0.1) is 14.3 Å². The van der Waals surface area contributed by atoms with Crippen LogP contribution in [0.1, 0.15) is 98.8 Å². The number of hydrogen-bond acceptors (Lipinski definition) is 2. The van der Waals surface area contributed by atoms with Gasteiger partial charge in [0.15, 0.2) is 0 Å². The zero-order chi connectivity index (χ0) is 21.0. The van der Waals surface area contributed by atoms with Gasteiger partial charge >= 0.3 is 0 Å². The molecule has 3 heteroatoms. The molecule has 3 fully saturated rings. The van der Waals surface area contributed by atoms with E-state index in [2.05, 4.69) is 40.4 Å². The highest BCUT2D eigenvalue weighted by molar-refractivity contribution is 7.55. The van der Waals surface area contributed by atoms with Crippen molar-refractivity contribution < 1.29 is 10.00 Å². The van der Waals surface area contributed by atoms with Gasteiger partial charge in [-0.25, -0.2) is 0 Å². The predicted octanol–water partition coefficient (Wildman–Crippen LogP) is 7.10. The van der Waals surface area contributed by atoms with Gasteiger partial charge in [0, 0.05) is 5.66 Å². The molecule has 3 saturated carbocycles. The lowest BCUT2D eigenvalue weighted by Gasteiger charge is -2.59. The van der Waals surface area contributed by atoms with Crippen LogP contribution < -0.4 is 0 Å². The van der Waals surface area contributed by atoms with E-state index in [-0.39, 0.29) is 11.5 Å². The molecule has 1 heterocycles. The molecule has 0 aromatic heterocycles. The summed E-state index contributed by atoms with van der Waals surface area (Å²) in [6.45, 7) is 12.3. The van der Waals surface area contributed by atoms with Crippen LogP contribution in [-0.4, -0.2) is 21.8 Å². The Morgan fingerprint density at radius 2 is 1.79 bits per heavy atom. The van der Waals surface area contributed by atoms with Crippen molar-refractivity contribution >= 4 is 8.15 Å². The van der Waals surface area contributed by atoms with E-state index in [0.717, 1.165) is 37.0 Å². The Bertz CT molecular complexity index is 630. The monoisotopic (exact) mass is 420 g/mol. The summed E-state index contributed by atoms with van der Waals surface area (Å²) in [5.41, 5.74) is 2.55. The maximum Gasteiger partial charge on any atom is 0.0578 e. The number of aliphatic hydroxyl groups excluding tert-OH is 1. The zero-order valence-electron chi connectivity index (χ0n) is 19.5. The second kappa shape index (κ2) is 8.22. The van der Waals surface area contributed by atoms with Crippen LogP contribution >= 0.6 is 8.15 Å². The summed E-state index contributed by atoms with van der Waals surface area (Å²) >= 11 is 0. The molecule has 7 unspecified atom stereocenters. The van der Waals surface area contributed by atoms with Gasteiger partial charge in [-0.05, 0) is 91.2 Å². The van der Waals surface area contributed by atoms with Crippen molar-refractivity contribution in [3.8, 4) is 0 Å². The average Bonchev–Trinajstić information content (AvgIpc) is 3.00. The molecule has 0 amide bonds. The number of fused-ring (bicyclic) bond motifs is 5. The summed E-state index contributed by atoms with van der Waals surface area (Å²) in [4.78, 5) is 11.3. The molecule has 166 valence electrons. The summed E-state index contributed by atoms with van der Waals surface area (Å²) in [6, 6.07) is 0. The van der Waals surface area contributed by atoms with E-state index < -0.39 is 8.15 Å². The largest absolute Gasteiger partial charge is 0.393 e. The Morgan fingerprint density at radius 1 is 1.03 bits per heavy atom. The van der Waals surface area contributed by atoms with E-state index in [0.29, 0.717) is 22.9 Å². The third kappa shape index (κ3) is 3.78. The Hall–Kier alpha value is 0.0900. The van der Waals surface area contributed by atoms with E-state index >= 15 is 0 Å². The molecular weight excluding hydrogens is 375 g/mol. The normalized spacial score (nSPS) is 47.9. The van der Waals surface area contributed by atoms with Crippen molar-refractivity contribution in [2.75, 3.05) is 0 Å². The minimum atomic E-state index is -1.04. The van der Waals surface area contributed by atoms with Crippen molar-refractivity contribution in [2.24, 2.45) is 40.4 Å². The summed E-state index contributed by atoms with van der Waals surface area (Å²) in [6.07, 6.45) is 12.1. The minimum absolute atomic E-state index is 0.189. The zero-order valence-corrected chi connectivity index (χ0v) is 20.4. The van der Waals surface area contributed by atoms with Crippen molar-refractivity contribution in [3.05, 3.63) is 11.4 Å². The highest BCUT2D eigenvalue weighted by Gasteiger charge is 2.61. The molecule has 0 aromatic rings. The van der Waals surface area contributed by atoms with E-state index in [4.69, 9.17) is 0 Å². The summed E-state index contributed by atoms with van der Waals surface area (Å²) in [5.74, 6) is 6.08. The molecule has 0 radical (unpaired) electrons. The molecule has 0 aromatic carbocycles. The number of hydrogen-bond donors (Lipinski definition) is 2. The van der Waals surface area contributed by atoms with Crippen molar-refractivity contribution in [2.45, 2.75) is 111 Å². The molecule has 2 nitrogen and oxygen atoms in total. The van der Waals surface area contributed by atoms with Gasteiger partial charge in [0.25, 0.3) is 0 Å². The van der Waals surface area contributed by atoms with Crippen LogP contribution in [0.15, 0.2) is 11.4 Å². The van der Waals surface area contributed by atoms with Crippen LogP contribution in [0.25, 0.3) is 0 Å². The van der Waals surface area contributed by atoms with Crippen LogP contribution in [0.5, 0.6) is 0 Å². The molecule has 9 atom stereocenters. The topological polar surface area (TPSA) is 40.5 Å². The molecule has 2 N–H and O–H groups in total. The lowest BCUT2D eigenvalue weighted by Crippen LogP contribution is -2.52. The second-order valence-corrected chi connectivity index (χ2v) is 13.7. The number of aliphatic hydroxyl groups is 1. The Kier molecular flexibility index (Phi) is 6.32. The highest BCUT2D eigenvalue weighted by atomic mass is 31.1. The SMILES string of the molecule is CC(C)CCCC(C)C1CCC2C3C(CC[C@]12C)[C@@]1(C)CCC(O)CC1=CP3O. The van der Waals surface area contributed by atoms with Gasteiger partial charge in [-0.2, -0.15) is 0 Å². The lowest BCUT2D eigenvalue weighted by molar-refractivity contribution is -0.00328. The van der Waals surface area contributed by atoms with E-state index in [1.807, 2.05) is 0 Å². The Labute approximate surface area is 180 Å². The third-order valence-corrected chi connectivity index (χ3v) is 11.9. The smallest absolute Gasteiger partial charge is 0.0578 e. The third-order valence-electron chi connectivity index (χ3n) is 10.0. The van der Waals surface area contributed by atoms with E-state index in [1.165, 1.54) is 50.5 Å². The standard InChI is InChI=1S/C26H45O2P/c1-17(2)7-6-8-18(3)21-9-10-22-24-23(12-14-26(21,22)5)25(4)13-11-20(27)15-19(25)16-29(24)28/h16-18,20-24,27-28H,6-15H2,1-5H3/t18?,20?,21?,22?,23?,24?,25-,26+,29?/m0/s1. The highest BCUT2D eigenvalue weighted by Crippen LogP contribution is 2.71. The first-order chi connectivity index (χ1) is 13.7. The van der Waals surface area contributed by atoms with Crippen molar-refractivity contribution in [3.63, 3.8) is 0 Å². The molecule has 3 aliphatic carbocycles. The fourth-order valence-electron chi connectivity index (χ4n) is 8.28. The number of rotatable bonds is 5. The van der Waals surface area contributed by atoms with Gasteiger partial charge < -0.3 is 10.00 Å². The summed E-state index contributed by atoms with van der Waals surface area (Å²) in [7, 11) is -1.04. The van der Waals surface area contributed by atoms with Crippen LogP contribution in [-0.2, 0) is 0 Å². The van der Waals surface area contributed by atoms with Gasteiger partial charge in [-0.3, -0.25) is 0 Å². The minimum Gasteiger partial charge on any atom is -0.393 e. The molecule has 4 aliphatic rings. The van der Waals surface area contributed by atoms with Crippen LogP contribution in [0.4, 0.5) is 0 Å². The fraction of sp³-hybridized carbons (Fsp3) is 0.923. The molecule has 0 spiro atoms. The van der Waals surface area contributed by atoms with Crippen LogP contribution in [0.2, 0.25) is 0 Å².